The topological polar surface area (TPSA) is 17.1 Å². The highest BCUT2D eigenvalue weighted by Crippen LogP contribution is 2.85. The van der Waals surface area contributed by atoms with Crippen LogP contribution in [-0.4, -0.2) is 5.78 Å². The second kappa shape index (κ2) is 2.28. The van der Waals surface area contributed by atoms with Crippen LogP contribution in [0.15, 0.2) is 0 Å². The van der Waals surface area contributed by atoms with Crippen molar-refractivity contribution in [2.45, 2.75) is 52.9 Å². The van der Waals surface area contributed by atoms with Gasteiger partial charge in [-0.3, -0.25) is 4.79 Å². The fraction of sp³-hybridized carbons (Fsp3) is 0.933. The van der Waals surface area contributed by atoms with Crippen LogP contribution in [0.3, 0.4) is 0 Å². The number of hydrogen-bond donors (Lipinski definition) is 0. The Bertz CT molecular complexity index is 400. The highest BCUT2D eigenvalue weighted by Gasteiger charge is 2.79. The average Bonchev–Trinajstić information content (AvgIpc) is 2.66. The number of carbonyl (C=O) groups excluding carboxylic acids is 1. The van der Waals surface area contributed by atoms with Crippen molar-refractivity contribution in [3.63, 3.8) is 0 Å². The molecule has 5 fully saturated rings. The average molecular weight is 218 g/mol. The van der Waals surface area contributed by atoms with Crippen LogP contribution >= 0.6 is 0 Å². The first-order valence-corrected chi connectivity index (χ1v) is 6.96. The molecule has 5 aliphatic carbocycles. The first-order valence-electron chi connectivity index (χ1n) is 6.96. The molecule has 0 saturated heterocycles. The number of hydrogen-bond acceptors (Lipinski definition) is 1. The number of rotatable bonds is 0. The van der Waals surface area contributed by atoms with E-state index in [0.717, 1.165) is 18.3 Å². The van der Waals surface area contributed by atoms with Crippen LogP contribution in [0.2, 0.25) is 0 Å². The van der Waals surface area contributed by atoms with Crippen molar-refractivity contribution in [3.8, 4) is 0 Å². The lowest BCUT2D eigenvalue weighted by atomic mass is 9.45. The zero-order chi connectivity index (χ0) is 11.3. The molecular formula is C15H22O. The molecule has 0 aromatic carbocycles. The Morgan fingerprint density at radius 2 is 1.88 bits per heavy atom. The molecule has 0 aromatic rings. The van der Waals surface area contributed by atoms with E-state index in [0.29, 0.717) is 27.9 Å². The molecular weight excluding hydrogens is 196 g/mol. The molecule has 5 rings (SSSR count). The van der Waals surface area contributed by atoms with Gasteiger partial charge in [-0.25, -0.2) is 0 Å². The maximum Gasteiger partial charge on any atom is 0.136 e. The molecule has 5 saturated carbocycles. The smallest absolute Gasteiger partial charge is 0.136 e. The van der Waals surface area contributed by atoms with Gasteiger partial charge in [0.1, 0.15) is 5.78 Å². The summed E-state index contributed by atoms with van der Waals surface area (Å²) >= 11 is 0. The highest BCUT2D eigenvalue weighted by atomic mass is 16.1. The Balaban J connectivity index is 1.82. The van der Waals surface area contributed by atoms with Gasteiger partial charge >= 0.3 is 0 Å². The fourth-order valence-corrected chi connectivity index (χ4v) is 6.15. The Morgan fingerprint density at radius 1 is 1.19 bits per heavy atom. The summed E-state index contributed by atoms with van der Waals surface area (Å²) in [6.07, 6.45) is 6.29. The zero-order valence-corrected chi connectivity index (χ0v) is 10.7. The minimum absolute atomic E-state index is 0.326. The maximum absolute atomic E-state index is 12.0. The van der Waals surface area contributed by atoms with Crippen molar-refractivity contribution in [1.82, 2.24) is 0 Å². The van der Waals surface area contributed by atoms with Gasteiger partial charge in [-0.15, -0.1) is 0 Å². The van der Waals surface area contributed by atoms with Gasteiger partial charge in [0, 0.05) is 12.3 Å². The van der Waals surface area contributed by atoms with Crippen LogP contribution in [0, 0.1) is 34.0 Å². The second-order valence-electron chi connectivity index (χ2n) is 7.69. The first kappa shape index (κ1) is 9.67. The van der Waals surface area contributed by atoms with Gasteiger partial charge in [-0.1, -0.05) is 20.8 Å². The third kappa shape index (κ3) is 0.734. The number of ketones is 1. The number of carbonyl (C=O) groups is 1. The summed E-state index contributed by atoms with van der Waals surface area (Å²) in [6.45, 7) is 7.15. The molecule has 4 bridgehead atoms. The molecule has 5 aliphatic rings. The van der Waals surface area contributed by atoms with Crippen molar-refractivity contribution in [3.05, 3.63) is 0 Å². The molecule has 16 heavy (non-hydrogen) atoms. The van der Waals surface area contributed by atoms with E-state index in [1.54, 1.807) is 0 Å². The van der Waals surface area contributed by atoms with Crippen LogP contribution in [0.25, 0.3) is 0 Å². The molecule has 0 aromatic heterocycles. The van der Waals surface area contributed by atoms with Gasteiger partial charge < -0.3 is 0 Å². The molecule has 0 radical (unpaired) electrons. The van der Waals surface area contributed by atoms with E-state index in [1.807, 2.05) is 0 Å². The van der Waals surface area contributed by atoms with E-state index in [4.69, 9.17) is 0 Å². The molecule has 1 spiro atoms. The lowest BCUT2D eigenvalue weighted by molar-refractivity contribution is -0.150. The largest absolute Gasteiger partial charge is 0.299 e. The van der Waals surface area contributed by atoms with E-state index in [9.17, 15) is 4.79 Å². The lowest BCUT2D eigenvalue weighted by Gasteiger charge is -2.59. The Hall–Kier alpha value is -0.330. The SMILES string of the molecule is CC1C(=O)CCC23CC4C(CC12C)C4(C)C3. The van der Waals surface area contributed by atoms with Crippen molar-refractivity contribution in [2.24, 2.45) is 34.0 Å². The summed E-state index contributed by atoms with van der Waals surface area (Å²) in [5.41, 5.74) is 1.59. The summed E-state index contributed by atoms with van der Waals surface area (Å²) < 4.78 is 0. The third-order valence-electron chi connectivity index (χ3n) is 7.54. The first-order chi connectivity index (χ1) is 7.43. The molecule has 1 nitrogen and oxygen atoms in total. The predicted octanol–water partition coefficient (Wildman–Crippen LogP) is 3.43. The highest BCUT2D eigenvalue weighted by molar-refractivity contribution is 5.83. The van der Waals surface area contributed by atoms with Crippen molar-refractivity contribution in [1.29, 1.82) is 0 Å². The molecule has 0 amide bonds. The van der Waals surface area contributed by atoms with Gasteiger partial charge in [0.25, 0.3) is 0 Å². The predicted molar refractivity (Wildman–Crippen MR) is 62.9 cm³/mol. The normalized spacial score (nSPS) is 66.7. The van der Waals surface area contributed by atoms with Crippen molar-refractivity contribution < 1.29 is 4.79 Å². The molecule has 0 heterocycles. The molecule has 88 valence electrons. The van der Waals surface area contributed by atoms with E-state index in [2.05, 4.69) is 20.8 Å². The van der Waals surface area contributed by atoms with Gasteiger partial charge in [-0.2, -0.15) is 0 Å². The monoisotopic (exact) mass is 218 g/mol. The Morgan fingerprint density at radius 3 is 2.50 bits per heavy atom. The lowest BCUT2D eigenvalue weighted by Crippen LogP contribution is -2.54. The Labute approximate surface area is 98.0 Å². The van der Waals surface area contributed by atoms with Gasteiger partial charge in [-0.05, 0) is 53.8 Å². The van der Waals surface area contributed by atoms with Crippen LogP contribution in [0.1, 0.15) is 52.9 Å². The minimum Gasteiger partial charge on any atom is -0.299 e. The standard InChI is InChI=1S/C15H22O/c1-9-12(16)4-5-15-7-11-10(6-14(9,15)3)13(11,2)8-15/h9-11H,4-8H2,1-3H3. The van der Waals surface area contributed by atoms with Crippen molar-refractivity contribution in [2.75, 3.05) is 0 Å². The van der Waals surface area contributed by atoms with Crippen molar-refractivity contribution >= 4 is 5.78 Å². The Kier molecular flexibility index (Phi) is 1.38. The minimum atomic E-state index is 0.326. The van der Waals surface area contributed by atoms with E-state index < -0.39 is 0 Å². The van der Waals surface area contributed by atoms with Gasteiger partial charge in [0.05, 0.1) is 0 Å². The summed E-state index contributed by atoms with van der Waals surface area (Å²) in [4.78, 5) is 12.0. The molecule has 6 atom stereocenters. The van der Waals surface area contributed by atoms with Crippen LogP contribution in [-0.2, 0) is 4.79 Å². The van der Waals surface area contributed by atoms with E-state index in [1.165, 1.54) is 25.7 Å². The maximum atomic E-state index is 12.0. The van der Waals surface area contributed by atoms with Crippen LogP contribution in [0.5, 0.6) is 0 Å². The molecule has 1 heteroatoms. The van der Waals surface area contributed by atoms with Gasteiger partial charge in [0.15, 0.2) is 0 Å². The van der Waals surface area contributed by atoms with Gasteiger partial charge in [0.2, 0.25) is 0 Å². The zero-order valence-electron chi connectivity index (χ0n) is 10.7. The molecule has 0 N–H and O–H groups in total. The molecule has 6 unspecified atom stereocenters. The van der Waals surface area contributed by atoms with Crippen LogP contribution in [0.4, 0.5) is 0 Å². The third-order valence-corrected chi connectivity index (χ3v) is 7.54. The second-order valence-corrected chi connectivity index (χ2v) is 7.69. The fourth-order valence-electron chi connectivity index (χ4n) is 6.15. The summed E-state index contributed by atoms with van der Waals surface area (Å²) in [5.74, 6) is 2.86. The summed E-state index contributed by atoms with van der Waals surface area (Å²) in [7, 11) is 0. The van der Waals surface area contributed by atoms with E-state index >= 15 is 0 Å². The quantitative estimate of drug-likeness (QED) is 0.609. The summed E-state index contributed by atoms with van der Waals surface area (Å²) in [5, 5.41) is 0. The van der Waals surface area contributed by atoms with E-state index in [-0.39, 0.29) is 0 Å². The molecule has 0 aliphatic heterocycles. The summed E-state index contributed by atoms with van der Waals surface area (Å²) in [6, 6.07) is 0. The number of Topliss-reactive ketones (excluding diaryl/α,β-unsaturated/α-hetero) is 1. The van der Waals surface area contributed by atoms with Crippen LogP contribution < -0.4 is 0 Å².